The van der Waals surface area contributed by atoms with E-state index >= 15 is 0 Å². The first-order chi connectivity index (χ1) is 12.8. The van der Waals surface area contributed by atoms with Crippen molar-refractivity contribution in [2.45, 2.75) is 94.7 Å². The van der Waals surface area contributed by atoms with Crippen molar-refractivity contribution in [3.05, 3.63) is 12.2 Å². The highest BCUT2D eigenvalue weighted by Gasteiger charge is 2.58. The lowest BCUT2D eigenvalue weighted by molar-refractivity contribution is -0.306. The first-order valence-corrected chi connectivity index (χ1v) is 9.54. The number of aliphatic hydroxyl groups is 7. The molecule has 1 saturated carbocycles. The predicted octanol–water partition coefficient (Wildman–Crippen LogP) is -1.59. The average Bonchev–Trinajstić information content (AvgIpc) is 2.57. The van der Waals surface area contributed by atoms with Crippen LogP contribution >= 0.6 is 0 Å². The van der Waals surface area contributed by atoms with Crippen molar-refractivity contribution < 1.29 is 45.2 Å². The summed E-state index contributed by atoms with van der Waals surface area (Å²) in [5.74, 6) is 0. The number of rotatable bonds is 5. The fourth-order valence-corrected chi connectivity index (χ4v) is 4.28. The maximum absolute atomic E-state index is 11.2. The Bertz CT molecular complexity index is 542. The van der Waals surface area contributed by atoms with E-state index in [-0.39, 0.29) is 6.42 Å². The largest absolute Gasteiger partial charge is 0.394 e. The van der Waals surface area contributed by atoms with Gasteiger partial charge in [-0.1, -0.05) is 26.0 Å². The zero-order chi connectivity index (χ0) is 21.5. The summed E-state index contributed by atoms with van der Waals surface area (Å²) in [6, 6.07) is 0. The summed E-state index contributed by atoms with van der Waals surface area (Å²) in [5, 5.41) is 70.9. The van der Waals surface area contributed by atoms with Crippen LogP contribution < -0.4 is 0 Å². The Morgan fingerprint density at radius 3 is 2.18 bits per heavy atom. The average molecular weight is 406 g/mol. The van der Waals surface area contributed by atoms with Crippen LogP contribution in [0.2, 0.25) is 0 Å². The molecular weight excluding hydrogens is 372 g/mol. The van der Waals surface area contributed by atoms with Crippen LogP contribution in [0.1, 0.15) is 40.5 Å². The highest BCUT2D eigenvalue weighted by Crippen LogP contribution is 2.50. The van der Waals surface area contributed by atoms with Gasteiger partial charge in [-0.3, -0.25) is 0 Å². The number of hydrogen-bond acceptors (Lipinski definition) is 9. The summed E-state index contributed by atoms with van der Waals surface area (Å²) >= 11 is 0. The van der Waals surface area contributed by atoms with Crippen LogP contribution in [0.4, 0.5) is 0 Å². The Labute approximate surface area is 164 Å². The Hall–Kier alpha value is -0.620. The smallest absolute Gasteiger partial charge is 0.187 e. The molecule has 2 fully saturated rings. The van der Waals surface area contributed by atoms with Crippen LogP contribution in [0.5, 0.6) is 0 Å². The van der Waals surface area contributed by atoms with Gasteiger partial charge in [0, 0.05) is 11.8 Å². The first kappa shape index (κ1) is 23.7. The van der Waals surface area contributed by atoms with Crippen molar-refractivity contribution in [1.82, 2.24) is 0 Å². The number of hydrogen-bond donors (Lipinski definition) is 7. The Balaban J connectivity index is 2.13. The number of ether oxygens (including phenoxy) is 2. The molecule has 9 nitrogen and oxygen atoms in total. The van der Waals surface area contributed by atoms with E-state index < -0.39 is 66.1 Å². The highest BCUT2D eigenvalue weighted by atomic mass is 16.7. The molecule has 0 aromatic carbocycles. The fraction of sp³-hybridized carbons (Fsp3) is 0.895. The van der Waals surface area contributed by atoms with E-state index in [4.69, 9.17) is 9.47 Å². The molecule has 2 unspecified atom stereocenters. The first-order valence-electron chi connectivity index (χ1n) is 9.54. The summed E-state index contributed by atoms with van der Waals surface area (Å²) in [4.78, 5) is 0. The van der Waals surface area contributed by atoms with Gasteiger partial charge in [0.05, 0.1) is 24.4 Å². The third-order valence-corrected chi connectivity index (χ3v) is 6.04. The van der Waals surface area contributed by atoms with Gasteiger partial charge in [0.2, 0.25) is 0 Å². The maximum Gasteiger partial charge on any atom is 0.187 e. The molecule has 7 N–H and O–H groups in total. The van der Waals surface area contributed by atoms with Gasteiger partial charge >= 0.3 is 0 Å². The molecule has 0 aromatic heterocycles. The minimum absolute atomic E-state index is 0.0131. The molecule has 0 radical (unpaired) electrons. The van der Waals surface area contributed by atoms with Crippen LogP contribution in [0.15, 0.2) is 12.2 Å². The Kier molecular flexibility index (Phi) is 6.97. The monoisotopic (exact) mass is 406 g/mol. The van der Waals surface area contributed by atoms with Gasteiger partial charge in [-0.25, -0.2) is 0 Å². The summed E-state index contributed by atoms with van der Waals surface area (Å²) < 4.78 is 10.9. The van der Waals surface area contributed by atoms with Crippen LogP contribution in [0.25, 0.3) is 0 Å². The second-order valence-corrected chi connectivity index (χ2v) is 8.88. The van der Waals surface area contributed by atoms with E-state index in [9.17, 15) is 35.7 Å². The third-order valence-electron chi connectivity index (χ3n) is 6.04. The summed E-state index contributed by atoms with van der Waals surface area (Å²) in [5.41, 5.74) is -4.05. The van der Waals surface area contributed by atoms with Crippen LogP contribution in [-0.2, 0) is 9.47 Å². The maximum atomic E-state index is 11.2. The van der Waals surface area contributed by atoms with E-state index in [0.717, 1.165) is 0 Å². The van der Waals surface area contributed by atoms with E-state index in [2.05, 4.69) is 0 Å². The molecule has 2 aliphatic rings. The molecule has 1 aliphatic heterocycles. The van der Waals surface area contributed by atoms with Gasteiger partial charge in [-0.15, -0.1) is 0 Å². The second-order valence-electron chi connectivity index (χ2n) is 8.88. The molecule has 0 amide bonds. The molecule has 164 valence electrons. The van der Waals surface area contributed by atoms with Gasteiger partial charge in [0.25, 0.3) is 0 Å². The fourth-order valence-electron chi connectivity index (χ4n) is 4.28. The summed E-state index contributed by atoms with van der Waals surface area (Å²) in [6.07, 6.45) is -5.14. The normalized spacial score (nSPS) is 48.0. The van der Waals surface area contributed by atoms with Crippen LogP contribution in [0, 0.1) is 5.41 Å². The molecule has 1 saturated heterocycles. The second kappa shape index (κ2) is 8.25. The lowest BCUT2D eigenvalue weighted by Gasteiger charge is -2.55. The lowest BCUT2D eigenvalue weighted by Crippen LogP contribution is -2.65. The molecule has 0 bridgehead atoms. The minimum atomic E-state index is -1.65. The Morgan fingerprint density at radius 1 is 1.04 bits per heavy atom. The zero-order valence-corrected chi connectivity index (χ0v) is 16.8. The van der Waals surface area contributed by atoms with Gasteiger partial charge in [0.15, 0.2) is 6.29 Å². The van der Waals surface area contributed by atoms with Crippen molar-refractivity contribution in [3.63, 3.8) is 0 Å². The van der Waals surface area contributed by atoms with Crippen molar-refractivity contribution in [2.75, 3.05) is 6.61 Å². The van der Waals surface area contributed by atoms with Gasteiger partial charge in [0.1, 0.15) is 30.0 Å². The van der Waals surface area contributed by atoms with E-state index in [0.29, 0.717) is 6.42 Å². The summed E-state index contributed by atoms with van der Waals surface area (Å²) in [7, 11) is 0. The SMILES string of the molecule is CC(/C=C/C1(O)C(C)(C)C[C@H](O)C[C@]1(C)O)O[C@@H]1O[C@H](CO)[C@@H](O)[C@H](O)[C@H]1O. The molecular formula is C19H34O9. The van der Waals surface area contributed by atoms with Gasteiger partial charge in [-0.05, 0) is 20.3 Å². The van der Waals surface area contributed by atoms with E-state index in [1.807, 2.05) is 0 Å². The molecule has 0 spiro atoms. The standard InChI is InChI=1S/C19H34O9/c1-10(27-16-15(24)14(23)13(22)12(9-20)28-16)5-6-19(26)17(2,3)7-11(21)8-18(19,4)25/h5-6,10-16,20-26H,7-9H2,1-4H3/b6-5+/t10?,11-,12+,13+,14-,15+,16+,18-,19?/m0/s1. The molecule has 1 aliphatic carbocycles. The third kappa shape index (κ3) is 4.28. The topological polar surface area (TPSA) is 160 Å². The minimum Gasteiger partial charge on any atom is -0.394 e. The summed E-state index contributed by atoms with van der Waals surface area (Å²) in [6.45, 7) is 6.01. The molecule has 9 heteroatoms. The molecule has 0 aromatic rings. The lowest BCUT2D eigenvalue weighted by atomic mass is 9.57. The molecule has 28 heavy (non-hydrogen) atoms. The van der Waals surface area contributed by atoms with Gasteiger partial charge < -0.3 is 45.2 Å². The van der Waals surface area contributed by atoms with E-state index in [1.54, 1.807) is 20.8 Å². The van der Waals surface area contributed by atoms with Crippen LogP contribution in [-0.4, -0.2) is 96.5 Å². The molecule has 2 rings (SSSR count). The quantitative estimate of drug-likeness (QED) is 0.267. The van der Waals surface area contributed by atoms with Gasteiger partial charge in [-0.2, -0.15) is 0 Å². The zero-order valence-electron chi connectivity index (χ0n) is 16.8. The number of aliphatic hydroxyl groups excluding tert-OH is 5. The predicted molar refractivity (Wildman–Crippen MR) is 98.0 cm³/mol. The molecule has 9 atom stereocenters. The molecule has 1 heterocycles. The van der Waals surface area contributed by atoms with Crippen LogP contribution in [0.3, 0.4) is 0 Å². The van der Waals surface area contributed by atoms with E-state index in [1.165, 1.54) is 19.1 Å². The Morgan fingerprint density at radius 2 is 1.64 bits per heavy atom. The van der Waals surface area contributed by atoms with Crippen molar-refractivity contribution in [3.8, 4) is 0 Å². The van der Waals surface area contributed by atoms with Crippen molar-refractivity contribution >= 4 is 0 Å². The van der Waals surface area contributed by atoms with Crippen molar-refractivity contribution in [2.24, 2.45) is 5.41 Å². The van der Waals surface area contributed by atoms with Crippen molar-refractivity contribution in [1.29, 1.82) is 0 Å². The highest BCUT2D eigenvalue weighted by molar-refractivity contribution is 5.21.